The summed E-state index contributed by atoms with van der Waals surface area (Å²) in [6.45, 7) is 4.26. The summed E-state index contributed by atoms with van der Waals surface area (Å²) in [5, 5.41) is 1.10. The van der Waals surface area contributed by atoms with Gasteiger partial charge in [0.1, 0.15) is 12.1 Å². The molecule has 0 bridgehead atoms. The Morgan fingerprint density at radius 1 is 1.11 bits per heavy atom. The third-order valence-electron chi connectivity index (χ3n) is 3.06. The lowest BCUT2D eigenvalue weighted by molar-refractivity contribution is -0.671. The van der Waals surface area contributed by atoms with Gasteiger partial charge in [0, 0.05) is 17.7 Å². The van der Waals surface area contributed by atoms with Crippen LogP contribution >= 0.6 is 11.3 Å². The lowest BCUT2D eigenvalue weighted by Crippen LogP contribution is -2.25. The highest BCUT2D eigenvalue weighted by atomic mass is 32.1. The average Bonchev–Trinajstić information content (AvgIpc) is 2.74. The number of rotatable bonds is 1. The second-order valence-corrected chi connectivity index (χ2v) is 5.73. The van der Waals surface area contributed by atoms with Gasteiger partial charge in [-0.25, -0.2) is 9.55 Å². The van der Waals surface area contributed by atoms with E-state index in [1.807, 2.05) is 11.6 Å². The molecular formula is C15H15N2S+. The maximum Gasteiger partial charge on any atom is 0.169 e. The molecule has 0 amide bonds. The summed E-state index contributed by atoms with van der Waals surface area (Å²) < 4.78 is 3.31. The van der Waals surface area contributed by atoms with E-state index in [9.17, 15) is 0 Å². The van der Waals surface area contributed by atoms with Crippen LogP contribution in [0.15, 0.2) is 36.7 Å². The molecule has 2 nitrogen and oxygen atoms in total. The highest BCUT2D eigenvalue weighted by molar-refractivity contribution is 7.21. The Labute approximate surface area is 111 Å². The molecule has 0 unspecified atom stereocenters. The van der Waals surface area contributed by atoms with E-state index in [1.165, 1.54) is 21.4 Å². The number of nitrogens with zero attached hydrogens (tertiary/aromatic N) is 2. The summed E-state index contributed by atoms with van der Waals surface area (Å²) in [6, 6.07) is 8.63. The molecule has 0 atom stereocenters. The first-order valence-electron chi connectivity index (χ1n) is 5.97. The smallest absolute Gasteiger partial charge is 0.169 e. The van der Waals surface area contributed by atoms with E-state index in [0.717, 1.165) is 10.5 Å². The van der Waals surface area contributed by atoms with Crippen LogP contribution in [0.2, 0.25) is 0 Å². The number of fused-ring (bicyclic) bond motifs is 1. The van der Waals surface area contributed by atoms with Crippen LogP contribution in [0.1, 0.15) is 11.1 Å². The van der Waals surface area contributed by atoms with Crippen LogP contribution < -0.4 is 4.57 Å². The molecule has 1 aromatic carbocycles. The van der Waals surface area contributed by atoms with Crippen LogP contribution in [0.25, 0.3) is 20.8 Å². The Bertz CT molecular complexity index is 711. The van der Waals surface area contributed by atoms with E-state index in [0.29, 0.717) is 0 Å². The molecule has 90 valence electrons. The molecule has 2 heterocycles. The van der Waals surface area contributed by atoms with Crippen molar-refractivity contribution in [3.63, 3.8) is 0 Å². The highest BCUT2D eigenvalue weighted by Gasteiger charge is 2.09. The minimum atomic E-state index is 1.10. The molecule has 0 aliphatic heterocycles. The van der Waals surface area contributed by atoms with Gasteiger partial charge in [0.05, 0.1) is 10.2 Å². The first-order chi connectivity index (χ1) is 8.63. The lowest BCUT2D eigenvalue weighted by atomic mass is 10.1. The number of thiazole rings is 1. The van der Waals surface area contributed by atoms with Gasteiger partial charge in [-0.05, 0) is 31.0 Å². The van der Waals surface area contributed by atoms with Crippen LogP contribution in [0, 0.1) is 13.8 Å². The van der Waals surface area contributed by atoms with E-state index >= 15 is 0 Å². The van der Waals surface area contributed by atoms with Gasteiger partial charge in [-0.2, -0.15) is 0 Å². The van der Waals surface area contributed by atoms with Crippen molar-refractivity contribution in [2.45, 2.75) is 13.8 Å². The number of aryl methyl sites for hydroxylation is 3. The molecular weight excluding hydrogens is 240 g/mol. The standard InChI is InChI=1S/C15H15N2S/c1-10-8-11(2)14-13(9-10)18-15(16-14)12-4-6-17(3)7-5-12/h4-9H,1-3H3/q+1. The van der Waals surface area contributed by atoms with Gasteiger partial charge < -0.3 is 0 Å². The Hall–Kier alpha value is -1.74. The minimum absolute atomic E-state index is 1.10. The maximum atomic E-state index is 4.76. The van der Waals surface area contributed by atoms with Gasteiger partial charge in [-0.3, -0.25) is 0 Å². The van der Waals surface area contributed by atoms with Crippen molar-refractivity contribution in [1.82, 2.24) is 4.98 Å². The molecule has 0 saturated carbocycles. The lowest BCUT2D eigenvalue weighted by Gasteiger charge is -1.96. The van der Waals surface area contributed by atoms with Crippen LogP contribution in [-0.2, 0) is 7.05 Å². The summed E-state index contributed by atoms with van der Waals surface area (Å²) in [7, 11) is 2.02. The fourth-order valence-corrected chi connectivity index (χ4v) is 3.28. The van der Waals surface area contributed by atoms with Gasteiger partial charge in [-0.1, -0.05) is 6.07 Å². The zero-order chi connectivity index (χ0) is 12.7. The summed E-state index contributed by atoms with van der Waals surface area (Å²) in [5.41, 5.74) is 4.88. The predicted octanol–water partition coefficient (Wildman–Crippen LogP) is 3.40. The topological polar surface area (TPSA) is 16.8 Å². The molecule has 0 radical (unpaired) electrons. The average molecular weight is 255 g/mol. The Morgan fingerprint density at radius 3 is 2.56 bits per heavy atom. The van der Waals surface area contributed by atoms with Gasteiger partial charge in [0.2, 0.25) is 0 Å². The van der Waals surface area contributed by atoms with E-state index in [-0.39, 0.29) is 0 Å². The molecule has 3 heteroatoms. The van der Waals surface area contributed by atoms with E-state index in [1.54, 1.807) is 11.3 Å². The van der Waals surface area contributed by atoms with Gasteiger partial charge in [0.25, 0.3) is 0 Å². The number of hydrogen-bond donors (Lipinski definition) is 0. The van der Waals surface area contributed by atoms with E-state index in [4.69, 9.17) is 4.98 Å². The normalized spacial score (nSPS) is 11.1. The zero-order valence-electron chi connectivity index (χ0n) is 10.8. The largest absolute Gasteiger partial charge is 0.236 e. The third-order valence-corrected chi connectivity index (χ3v) is 4.11. The fourth-order valence-electron chi connectivity index (χ4n) is 2.14. The van der Waals surface area contributed by atoms with Gasteiger partial charge in [-0.15, -0.1) is 11.3 Å². The molecule has 0 aliphatic rings. The van der Waals surface area contributed by atoms with E-state index < -0.39 is 0 Å². The second kappa shape index (κ2) is 4.18. The first-order valence-corrected chi connectivity index (χ1v) is 6.78. The molecule has 0 saturated heterocycles. The van der Waals surface area contributed by atoms with Crippen molar-refractivity contribution in [1.29, 1.82) is 0 Å². The summed E-state index contributed by atoms with van der Waals surface area (Å²) in [5.74, 6) is 0. The zero-order valence-corrected chi connectivity index (χ0v) is 11.6. The number of pyridine rings is 1. The van der Waals surface area contributed by atoms with Crippen LogP contribution in [0.3, 0.4) is 0 Å². The van der Waals surface area contributed by atoms with Crippen LogP contribution in [-0.4, -0.2) is 4.98 Å². The maximum absolute atomic E-state index is 4.76. The van der Waals surface area contributed by atoms with Crippen molar-refractivity contribution >= 4 is 21.6 Å². The van der Waals surface area contributed by atoms with Crippen LogP contribution in [0.4, 0.5) is 0 Å². The molecule has 0 fully saturated rings. The minimum Gasteiger partial charge on any atom is -0.236 e. The van der Waals surface area contributed by atoms with Gasteiger partial charge >= 0.3 is 0 Å². The molecule has 2 aromatic heterocycles. The summed E-state index contributed by atoms with van der Waals surface area (Å²) in [6.07, 6.45) is 4.11. The molecule has 18 heavy (non-hydrogen) atoms. The van der Waals surface area contributed by atoms with Crippen molar-refractivity contribution in [3.05, 3.63) is 47.8 Å². The van der Waals surface area contributed by atoms with Crippen molar-refractivity contribution in [3.8, 4) is 10.6 Å². The fraction of sp³-hybridized carbons (Fsp3) is 0.200. The van der Waals surface area contributed by atoms with Crippen LogP contribution in [0.5, 0.6) is 0 Å². The Balaban J connectivity index is 2.19. The van der Waals surface area contributed by atoms with Crippen molar-refractivity contribution < 1.29 is 4.57 Å². The number of aromatic nitrogens is 2. The molecule has 3 aromatic rings. The summed E-state index contributed by atoms with van der Waals surface area (Å²) in [4.78, 5) is 4.76. The third kappa shape index (κ3) is 1.91. The number of hydrogen-bond acceptors (Lipinski definition) is 2. The monoisotopic (exact) mass is 255 g/mol. The predicted molar refractivity (Wildman–Crippen MR) is 75.7 cm³/mol. The van der Waals surface area contributed by atoms with Crippen molar-refractivity contribution in [2.24, 2.45) is 7.05 Å². The van der Waals surface area contributed by atoms with Gasteiger partial charge in [0.15, 0.2) is 12.4 Å². The quantitative estimate of drug-likeness (QED) is 0.609. The summed E-state index contributed by atoms with van der Waals surface area (Å²) >= 11 is 1.76. The first kappa shape index (κ1) is 11.4. The molecule has 0 spiro atoms. The molecule has 0 aliphatic carbocycles. The van der Waals surface area contributed by atoms with Crippen molar-refractivity contribution in [2.75, 3.05) is 0 Å². The number of benzene rings is 1. The SMILES string of the molecule is Cc1cc(C)c2nc(-c3cc[n+](C)cc3)sc2c1. The highest BCUT2D eigenvalue weighted by Crippen LogP contribution is 2.31. The second-order valence-electron chi connectivity index (χ2n) is 4.70. The molecule has 0 N–H and O–H groups in total. The Kier molecular flexibility index (Phi) is 2.63. The molecule has 3 rings (SSSR count). The van der Waals surface area contributed by atoms with E-state index in [2.05, 4.69) is 50.5 Å². The Morgan fingerprint density at radius 2 is 1.83 bits per heavy atom.